The molecule has 3 N–H and O–H groups in total. The van der Waals surface area contributed by atoms with Gasteiger partial charge in [-0.15, -0.1) is 0 Å². The predicted octanol–water partition coefficient (Wildman–Crippen LogP) is 1.45. The minimum absolute atomic E-state index is 0.0254. The maximum atomic E-state index is 12.4. The molecular formula is C17H22N2O3. The molecule has 0 radical (unpaired) electrons. The van der Waals surface area contributed by atoms with E-state index >= 15 is 0 Å². The lowest BCUT2D eigenvalue weighted by Crippen LogP contribution is -2.44. The molecule has 5 nitrogen and oxygen atoms in total. The average molecular weight is 302 g/mol. The molecule has 1 heterocycles. The van der Waals surface area contributed by atoms with Gasteiger partial charge in [0.25, 0.3) is 0 Å². The summed E-state index contributed by atoms with van der Waals surface area (Å²) in [6, 6.07) is 7.28. The molecule has 1 aliphatic rings. The second-order valence-electron chi connectivity index (χ2n) is 5.59. The molecule has 5 heteroatoms. The normalized spacial score (nSPS) is 18.6. The summed E-state index contributed by atoms with van der Waals surface area (Å²) in [5.41, 5.74) is 6.93. The molecule has 0 aliphatic carbocycles. The van der Waals surface area contributed by atoms with Crippen LogP contribution in [0.2, 0.25) is 0 Å². The Labute approximate surface area is 130 Å². The molecule has 1 aliphatic heterocycles. The summed E-state index contributed by atoms with van der Waals surface area (Å²) in [6.07, 6.45) is 6.27. The topological polar surface area (TPSA) is 83.6 Å². The van der Waals surface area contributed by atoms with Crippen LogP contribution in [0.5, 0.6) is 0 Å². The summed E-state index contributed by atoms with van der Waals surface area (Å²) in [7, 11) is 0. The van der Waals surface area contributed by atoms with Crippen LogP contribution in [0, 0.1) is 0 Å². The van der Waals surface area contributed by atoms with Gasteiger partial charge in [0.05, 0.1) is 6.61 Å². The third-order valence-electron chi connectivity index (χ3n) is 3.90. The molecule has 0 aromatic heterocycles. The minimum atomic E-state index is -0.371. The van der Waals surface area contributed by atoms with Gasteiger partial charge in [0.2, 0.25) is 11.8 Å². The van der Waals surface area contributed by atoms with Crippen molar-refractivity contribution in [1.82, 2.24) is 4.90 Å². The number of hydrogen-bond donors (Lipinski definition) is 2. The van der Waals surface area contributed by atoms with E-state index in [0.29, 0.717) is 6.54 Å². The molecule has 118 valence electrons. The zero-order chi connectivity index (χ0) is 15.9. The van der Waals surface area contributed by atoms with Crippen molar-refractivity contribution in [2.24, 2.45) is 5.73 Å². The van der Waals surface area contributed by atoms with E-state index < -0.39 is 0 Å². The number of amides is 2. The summed E-state index contributed by atoms with van der Waals surface area (Å²) in [5.74, 6) is -0.468. The highest BCUT2D eigenvalue weighted by Gasteiger charge is 2.26. The first-order valence-corrected chi connectivity index (χ1v) is 7.57. The zero-order valence-corrected chi connectivity index (χ0v) is 12.6. The zero-order valence-electron chi connectivity index (χ0n) is 12.6. The number of piperidine rings is 1. The van der Waals surface area contributed by atoms with Gasteiger partial charge in [-0.1, -0.05) is 18.2 Å². The van der Waals surface area contributed by atoms with Crippen LogP contribution in [-0.2, 0) is 16.2 Å². The smallest absolute Gasteiger partial charge is 0.246 e. The number of hydrogen-bond acceptors (Lipinski definition) is 3. The number of rotatable bonds is 5. The largest absolute Gasteiger partial charge is 0.392 e. The molecule has 0 spiro atoms. The maximum Gasteiger partial charge on any atom is 0.246 e. The van der Waals surface area contributed by atoms with Crippen molar-refractivity contribution >= 4 is 17.9 Å². The average Bonchev–Trinajstić information content (AvgIpc) is 2.53. The second-order valence-corrected chi connectivity index (χ2v) is 5.59. The van der Waals surface area contributed by atoms with E-state index in [1.54, 1.807) is 11.0 Å². The predicted molar refractivity (Wildman–Crippen MR) is 84.6 cm³/mol. The third-order valence-corrected chi connectivity index (χ3v) is 3.90. The van der Waals surface area contributed by atoms with E-state index in [0.717, 1.165) is 30.4 Å². The SMILES string of the molecule is NC(=O)CC1CCCCN1C(=O)C=Cc1cccc(CO)c1. The van der Waals surface area contributed by atoms with Crippen molar-refractivity contribution in [3.8, 4) is 0 Å². The Morgan fingerprint density at radius 2 is 2.18 bits per heavy atom. The summed E-state index contributed by atoms with van der Waals surface area (Å²) < 4.78 is 0. The molecular weight excluding hydrogens is 280 g/mol. The molecule has 2 amide bonds. The molecule has 2 rings (SSSR count). The van der Waals surface area contributed by atoms with E-state index in [4.69, 9.17) is 10.8 Å². The van der Waals surface area contributed by atoms with Crippen molar-refractivity contribution in [1.29, 1.82) is 0 Å². The number of likely N-dealkylation sites (tertiary alicyclic amines) is 1. The minimum Gasteiger partial charge on any atom is -0.392 e. The van der Waals surface area contributed by atoms with Crippen molar-refractivity contribution < 1.29 is 14.7 Å². The molecule has 1 atom stereocenters. The van der Waals surface area contributed by atoms with Crippen LogP contribution >= 0.6 is 0 Å². The van der Waals surface area contributed by atoms with E-state index in [2.05, 4.69) is 0 Å². The van der Waals surface area contributed by atoms with Gasteiger partial charge in [-0.2, -0.15) is 0 Å². The van der Waals surface area contributed by atoms with Crippen molar-refractivity contribution in [3.63, 3.8) is 0 Å². The maximum absolute atomic E-state index is 12.4. The van der Waals surface area contributed by atoms with Crippen molar-refractivity contribution in [3.05, 3.63) is 41.5 Å². The molecule has 22 heavy (non-hydrogen) atoms. The Hall–Kier alpha value is -2.14. The number of nitrogens with zero attached hydrogens (tertiary/aromatic N) is 1. The van der Waals surface area contributed by atoms with E-state index in [9.17, 15) is 9.59 Å². The summed E-state index contributed by atoms with van der Waals surface area (Å²) in [5, 5.41) is 9.12. The quantitative estimate of drug-likeness (QED) is 0.807. The molecule has 1 aromatic rings. The molecule has 1 saturated heterocycles. The van der Waals surface area contributed by atoms with Gasteiger partial charge >= 0.3 is 0 Å². The Balaban J connectivity index is 2.05. The van der Waals surface area contributed by atoms with E-state index in [-0.39, 0.29) is 30.9 Å². The lowest BCUT2D eigenvalue weighted by atomic mass is 9.99. The molecule has 1 aromatic carbocycles. The summed E-state index contributed by atoms with van der Waals surface area (Å²) >= 11 is 0. The second kappa shape index (κ2) is 7.75. The van der Waals surface area contributed by atoms with E-state index in [1.807, 2.05) is 24.3 Å². The monoisotopic (exact) mass is 302 g/mol. The first-order chi connectivity index (χ1) is 10.6. The van der Waals surface area contributed by atoms with Crippen LogP contribution in [0.1, 0.15) is 36.8 Å². The van der Waals surface area contributed by atoms with Gasteiger partial charge in [-0.05, 0) is 42.5 Å². The highest BCUT2D eigenvalue weighted by atomic mass is 16.3. The molecule has 0 bridgehead atoms. The Morgan fingerprint density at radius 3 is 2.91 bits per heavy atom. The number of aliphatic hydroxyl groups is 1. The molecule has 0 saturated carbocycles. The molecule has 1 unspecified atom stereocenters. The van der Waals surface area contributed by atoms with Crippen LogP contribution in [0.3, 0.4) is 0 Å². The number of benzene rings is 1. The van der Waals surface area contributed by atoms with Crippen LogP contribution in [-0.4, -0.2) is 34.4 Å². The van der Waals surface area contributed by atoms with Crippen LogP contribution < -0.4 is 5.73 Å². The first-order valence-electron chi connectivity index (χ1n) is 7.57. The Bertz CT molecular complexity index is 569. The lowest BCUT2D eigenvalue weighted by Gasteiger charge is -2.34. The van der Waals surface area contributed by atoms with Crippen LogP contribution in [0.4, 0.5) is 0 Å². The van der Waals surface area contributed by atoms with Crippen LogP contribution in [0.25, 0.3) is 6.08 Å². The number of carbonyl (C=O) groups is 2. The summed E-state index contributed by atoms with van der Waals surface area (Å²) in [6.45, 7) is 0.639. The number of carbonyl (C=O) groups excluding carboxylic acids is 2. The highest BCUT2D eigenvalue weighted by Crippen LogP contribution is 2.20. The number of nitrogens with two attached hydrogens (primary N) is 1. The summed E-state index contributed by atoms with van der Waals surface area (Å²) in [4.78, 5) is 25.2. The molecule has 1 fully saturated rings. The lowest BCUT2D eigenvalue weighted by molar-refractivity contribution is -0.130. The van der Waals surface area contributed by atoms with Gasteiger partial charge in [-0.25, -0.2) is 0 Å². The number of primary amides is 1. The van der Waals surface area contributed by atoms with Gasteiger partial charge in [-0.3, -0.25) is 9.59 Å². The van der Waals surface area contributed by atoms with Gasteiger partial charge < -0.3 is 15.7 Å². The standard InChI is InChI=1S/C17H22N2O3/c18-16(21)11-15-6-1-2-9-19(15)17(22)8-7-13-4-3-5-14(10-13)12-20/h3-5,7-8,10,15,20H,1-2,6,9,11-12H2,(H2,18,21). The third kappa shape index (κ3) is 4.43. The van der Waals surface area contributed by atoms with Gasteiger partial charge in [0.15, 0.2) is 0 Å². The van der Waals surface area contributed by atoms with Gasteiger partial charge in [0.1, 0.15) is 0 Å². The van der Waals surface area contributed by atoms with Crippen molar-refractivity contribution in [2.45, 2.75) is 38.3 Å². The number of aliphatic hydroxyl groups excluding tert-OH is 1. The first kappa shape index (κ1) is 16.2. The van der Waals surface area contributed by atoms with E-state index in [1.165, 1.54) is 6.08 Å². The Kier molecular flexibility index (Phi) is 5.72. The fourth-order valence-electron chi connectivity index (χ4n) is 2.79. The highest BCUT2D eigenvalue weighted by molar-refractivity contribution is 5.92. The Morgan fingerprint density at radius 1 is 1.36 bits per heavy atom. The van der Waals surface area contributed by atoms with Crippen molar-refractivity contribution in [2.75, 3.05) is 6.54 Å². The fraction of sp³-hybridized carbons (Fsp3) is 0.412. The van der Waals surface area contributed by atoms with Crippen LogP contribution in [0.15, 0.2) is 30.3 Å². The fourth-order valence-corrected chi connectivity index (χ4v) is 2.79. The van der Waals surface area contributed by atoms with Gasteiger partial charge in [0, 0.05) is 25.1 Å².